The fraction of sp³-hybridized carbons (Fsp3) is 0.500. The number of hydrogen-bond donors (Lipinski definition) is 4. The van der Waals surface area contributed by atoms with Crippen LogP contribution in [0.15, 0.2) is 67.3 Å². The molecule has 57 heavy (non-hydrogen) atoms. The van der Waals surface area contributed by atoms with E-state index in [-0.39, 0.29) is 103 Å². The van der Waals surface area contributed by atoms with Gasteiger partial charge >= 0.3 is 6.03 Å². The quantitative estimate of drug-likeness (QED) is 0.0399. The van der Waals surface area contributed by atoms with Crippen molar-refractivity contribution in [2.45, 2.75) is 112 Å². The first-order valence-electron chi connectivity index (χ1n) is 16.7. The summed E-state index contributed by atoms with van der Waals surface area (Å²) in [5, 5.41) is 20.6. The number of urea groups is 1. The van der Waals surface area contributed by atoms with Gasteiger partial charge in [0.1, 0.15) is 36.9 Å². The Hall–Kier alpha value is -5.05. The molecule has 3 unspecified atom stereocenters. The van der Waals surface area contributed by atoms with E-state index >= 15 is 0 Å². The van der Waals surface area contributed by atoms with Crippen LogP contribution in [-0.4, -0.2) is 75.3 Å². The van der Waals surface area contributed by atoms with Crippen LogP contribution in [0.5, 0.6) is 11.5 Å². The van der Waals surface area contributed by atoms with Crippen LogP contribution in [0.4, 0.5) is 4.79 Å². The standard InChI is InChI=1S/C35H43N7O6S.5CH4.ClH.Cm.Co/c43-23-26-10-14-29(15-11-26)48-20-19-47-28-12-8-25(9-13-28)16-18-37-33(45)22-42-21-27(40-41-42)5-3-4-17-36-32(44)7-2-1-6-31-34-30(24-49-31)38-35(46)39-34;;;;;;;;/h8-15,19-21,23,30-31,34H,1-7,16-18,22,24H2,(H,36,44)(H,37,45)(H2,38,39,46);5*1H4;1H;;. The summed E-state index contributed by atoms with van der Waals surface area (Å²) in [6, 6.07) is 14.7. The second-order valence-corrected chi connectivity index (χ2v) is 13.3. The van der Waals surface area contributed by atoms with Crippen LogP contribution in [-0.2, 0) is 45.8 Å². The maximum Gasteiger partial charge on any atom is 0.315 e. The van der Waals surface area contributed by atoms with Crippen LogP contribution in [0.3, 0.4) is 0 Å². The number of benzene rings is 2. The number of hydrogen-bond acceptors (Lipinski definition) is 9. The number of unbranched alkanes of at least 4 members (excludes halogenated alkanes) is 2. The Morgan fingerprint density at radius 3 is 2.12 bits per heavy atom. The minimum absolute atomic E-state index is 0. The largest absolute Gasteiger partial charge is 0.462 e. The first-order chi connectivity index (χ1) is 23.9. The zero-order valence-electron chi connectivity index (χ0n) is 28.4. The molecule has 0 bridgehead atoms. The number of nitrogens with one attached hydrogen (secondary N) is 4. The number of aryl methyl sites for hydroxylation is 1. The van der Waals surface area contributed by atoms with Crippen molar-refractivity contribution in [3.8, 4) is 11.5 Å². The molecule has 17 heteroatoms. The van der Waals surface area contributed by atoms with Crippen molar-refractivity contribution in [3.05, 3.63) is 84.1 Å². The van der Waals surface area contributed by atoms with Crippen LogP contribution in [0.2, 0.25) is 0 Å². The molecule has 1 aromatic heterocycles. The predicted molar refractivity (Wildman–Crippen MR) is 226 cm³/mol. The van der Waals surface area contributed by atoms with E-state index in [9.17, 15) is 19.2 Å². The van der Waals surface area contributed by atoms with Gasteiger partial charge in [-0.05, 0) is 80.5 Å². The smallest absolute Gasteiger partial charge is 0.315 e. The minimum Gasteiger partial charge on any atom is -0.462 e. The average molecular weight is 1110 g/mol. The van der Waals surface area contributed by atoms with Gasteiger partial charge in [0.05, 0.1) is 17.8 Å². The minimum atomic E-state index is -0.140. The number of carbonyl (C=O) groups excluding carboxylic acids is 4. The van der Waals surface area contributed by atoms with Gasteiger partial charge in [-0.2, -0.15) is 11.8 Å². The number of carbonyl (C=O) groups is 4. The molecule has 5 rings (SSSR count). The van der Waals surface area contributed by atoms with Gasteiger partial charge < -0.3 is 30.7 Å². The number of halogens is 1. The van der Waals surface area contributed by atoms with Crippen molar-refractivity contribution in [1.29, 1.82) is 0 Å². The zero-order valence-corrected chi connectivity index (χ0v) is 34.1. The van der Waals surface area contributed by atoms with Crippen molar-refractivity contribution in [1.82, 2.24) is 36.3 Å². The third-order valence-electron chi connectivity index (χ3n) is 8.29. The molecule has 4 amide bonds. The Labute approximate surface area is 355 Å². The van der Waals surface area contributed by atoms with E-state index in [1.54, 1.807) is 30.5 Å². The third-order valence-corrected chi connectivity index (χ3v) is 9.80. The number of nitrogens with zero attached hydrogens (tertiary/aromatic N) is 3. The number of ether oxygens (including phenoxy) is 2. The summed E-state index contributed by atoms with van der Waals surface area (Å²) in [7, 11) is 0. The van der Waals surface area contributed by atoms with Gasteiger partial charge in [0.25, 0.3) is 0 Å². The van der Waals surface area contributed by atoms with E-state index in [0.29, 0.717) is 48.2 Å². The first-order valence-corrected chi connectivity index (χ1v) is 17.7. The van der Waals surface area contributed by atoms with E-state index in [1.165, 1.54) is 17.2 Å². The summed E-state index contributed by atoms with van der Waals surface area (Å²) in [5.74, 6) is 2.13. The maximum absolute atomic E-state index is 12.4. The van der Waals surface area contributed by atoms with E-state index in [1.807, 2.05) is 36.0 Å². The molecule has 0 spiro atoms. The van der Waals surface area contributed by atoms with Gasteiger partial charge in [0, 0.05) is 59.1 Å². The number of amides is 4. The molecule has 2 aliphatic rings. The van der Waals surface area contributed by atoms with E-state index in [2.05, 4.69) is 31.6 Å². The second-order valence-electron chi connectivity index (χ2n) is 12.0. The van der Waals surface area contributed by atoms with Crippen LogP contribution < -0.4 is 30.7 Å². The number of thioether (sulfide) groups is 1. The number of fused-ring (bicyclic) bond motifs is 1. The first kappa shape index (κ1) is 58.7. The van der Waals surface area contributed by atoms with Crippen molar-refractivity contribution in [2.24, 2.45) is 0 Å². The van der Waals surface area contributed by atoms with Gasteiger partial charge in [-0.1, -0.05) is 60.9 Å². The van der Waals surface area contributed by atoms with Crippen LogP contribution in [0, 0.1) is 0 Å². The Balaban J connectivity index is -0.00000176. The van der Waals surface area contributed by atoms with Crippen molar-refractivity contribution in [2.75, 3.05) is 18.8 Å². The SMILES string of the molecule is C.C.C.C.C.Cl.O=Cc1ccc(OC=COc2ccc(CCNC(=O)Cn3cc(CCCCNC(=O)CCCCC4SCC5NC(=O)NC54)nn3)cc2)cc1.[Cm].[Co]. The summed E-state index contributed by atoms with van der Waals surface area (Å²) in [5.41, 5.74) is 2.45. The molecular weight excluding hydrogens is 1050 g/mol. The molecule has 3 atom stereocenters. The van der Waals surface area contributed by atoms with Crippen molar-refractivity contribution in [3.63, 3.8) is 0 Å². The summed E-state index contributed by atoms with van der Waals surface area (Å²) < 4.78 is 12.5. The molecule has 4 N–H and O–H groups in total. The number of aromatic nitrogens is 3. The molecule has 3 heterocycles. The van der Waals surface area contributed by atoms with E-state index < -0.39 is 0 Å². The van der Waals surface area contributed by atoms with Crippen LogP contribution in [0.25, 0.3) is 0 Å². The summed E-state index contributed by atoms with van der Waals surface area (Å²) in [6.45, 7) is 1.20. The van der Waals surface area contributed by atoms with Gasteiger partial charge in [-0.25, -0.2) is 9.48 Å². The molecule has 2 aromatic carbocycles. The van der Waals surface area contributed by atoms with E-state index in [4.69, 9.17) is 9.47 Å². The molecular formula is C40H64ClCmCoN7O6S. The predicted octanol–water partition coefficient (Wildman–Crippen LogP) is 7.14. The van der Waals surface area contributed by atoms with Crippen molar-refractivity contribution >= 4 is 48.3 Å². The van der Waals surface area contributed by atoms with Crippen LogP contribution in [0.1, 0.15) is 97.3 Å². The monoisotopic (exact) mass is 1110 g/mol. The zero-order chi connectivity index (χ0) is 34.3. The van der Waals surface area contributed by atoms with Gasteiger partial charge in [-0.3, -0.25) is 14.4 Å². The molecule has 2 saturated heterocycles. The number of aldehydes is 1. The van der Waals surface area contributed by atoms with Gasteiger partial charge in [0.2, 0.25) is 11.8 Å². The number of rotatable bonds is 20. The average Bonchev–Trinajstić information content (AvgIpc) is 3.82. The molecule has 1 radical (unpaired) electrons. The molecule has 2 aliphatic heterocycles. The van der Waals surface area contributed by atoms with E-state index in [0.717, 1.165) is 61.8 Å². The molecule has 3 aromatic rings. The van der Waals surface area contributed by atoms with Crippen molar-refractivity contribution < 1.29 is 45.4 Å². The normalized spacial score (nSPS) is 15.5. The molecule has 2 fully saturated rings. The third kappa shape index (κ3) is 19.6. The molecule has 13 nitrogen and oxygen atoms in total. The fourth-order valence-corrected chi connectivity index (χ4v) is 7.22. The molecule has 325 valence electrons. The fourth-order valence-electron chi connectivity index (χ4n) is 5.67. The molecule has 0 aliphatic carbocycles. The summed E-state index contributed by atoms with van der Waals surface area (Å²) >= 11 is 1.90. The van der Waals surface area contributed by atoms with Crippen LogP contribution >= 0.6 is 24.2 Å². The van der Waals surface area contributed by atoms with Gasteiger partial charge in [0.15, 0.2) is 0 Å². The summed E-state index contributed by atoms with van der Waals surface area (Å²) in [4.78, 5) is 46.8. The Kier molecular flexibility index (Phi) is 32.0. The Bertz CT molecular complexity index is 1590. The maximum atomic E-state index is 12.4. The molecule has 0 saturated carbocycles. The van der Waals surface area contributed by atoms with Gasteiger partial charge in [-0.15, -0.1) is 17.5 Å². The Morgan fingerprint density at radius 2 is 1.47 bits per heavy atom. The Morgan fingerprint density at radius 1 is 0.842 bits per heavy atom. The summed E-state index contributed by atoms with van der Waals surface area (Å²) in [6.07, 6.45) is 11.9. The topological polar surface area (TPSA) is 166 Å². The second kappa shape index (κ2) is 31.1.